The van der Waals surface area contributed by atoms with Gasteiger partial charge in [-0.3, -0.25) is 9.59 Å². The highest BCUT2D eigenvalue weighted by Crippen LogP contribution is 2.24. The highest BCUT2D eigenvalue weighted by atomic mass is 16.4. The third kappa shape index (κ3) is 5.04. The molecule has 4 N–H and O–H groups in total. The molecular weight excluding hydrogens is 232 g/mol. The number of nitrogens with two attached hydrogens (primary N) is 1. The van der Waals surface area contributed by atoms with Crippen LogP contribution in [0.5, 0.6) is 0 Å². The van der Waals surface area contributed by atoms with Gasteiger partial charge in [-0.2, -0.15) is 0 Å². The largest absolute Gasteiger partial charge is 0.481 e. The van der Waals surface area contributed by atoms with Gasteiger partial charge in [-0.25, -0.2) is 0 Å². The minimum absolute atomic E-state index is 0.0474. The molecule has 0 aliphatic heterocycles. The molecule has 104 valence electrons. The molecule has 1 fully saturated rings. The van der Waals surface area contributed by atoms with E-state index >= 15 is 0 Å². The summed E-state index contributed by atoms with van der Waals surface area (Å²) in [5, 5.41) is 12.0. The van der Waals surface area contributed by atoms with Gasteiger partial charge in [0, 0.05) is 18.5 Å². The van der Waals surface area contributed by atoms with Crippen LogP contribution in [-0.2, 0) is 9.59 Å². The van der Waals surface area contributed by atoms with Crippen molar-refractivity contribution < 1.29 is 14.7 Å². The lowest BCUT2D eigenvalue weighted by atomic mass is 9.84. The molecule has 0 aromatic carbocycles. The van der Waals surface area contributed by atoms with E-state index < -0.39 is 11.9 Å². The molecule has 0 bridgehead atoms. The zero-order valence-electron chi connectivity index (χ0n) is 11.0. The Kier molecular flexibility index (Phi) is 6.12. The Morgan fingerprint density at radius 1 is 1.39 bits per heavy atom. The van der Waals surface area contributed by atoms with Crippen LogP contribution in [0.1, 0.15) is 51.9 Å². The fourth-order valence-corrected chi connectivity index (χ4v) is 2.46. The molecule has 5 nitrogen and oxygen atoms in total. The van der Waals surface area contributed by atoms with Crippen molar-refractivity contribution in [2.45, 2.75) is 64.0 Å². The summed E-state index contributed by atoms with van der Waals surface area (Å²) < 4.78 is 0. The zero-order chi connectivity index (χ0) is 13.5. The fraction of sp³-hybridized carbons (Fsp3) is 0.846. The van der Waals surface area contributed by atoms with E-state index in [-0.39, 0.29) is 18.0 Å². The first-order chi connectivity index (χ1) is 8.50. The standard InChI is InChI=1S/C13H24N2O3/c1-9(14)5-4-8-12(16)15-11-7-3-2-6-10(11)13(17)18/h9-11H,2-8,14H2,1H3,(H,15,16)(H,17,18). The highest BCUT2D eigenvalue weighted by molar-refractivity contribution is 5.78. The molecule has 0 aromatic rings. The minimum atomic E-state index is -0.796. The first-order valence-electron chi connectivity index (χ1n) is 6.78. The van der Waals surface area contributed by atoms with E-state index in [1.54, 1.807) is 0 Å². The van der Waals surface area contributed by atoms with Crippen LogP contribution in [0.15, 0.2) is 0 Å². The molecule has 3 unspecified atom stereocenters. The number of aliphatic carboxylic acids is 1. The van der Waals surface area contributed by atoms with Crippen molar-refractivity contribution in [1.82, 2.24) is 5.32 Å². The minimum Gasteiger partial charge on any atom is -0.481 e. The van der Waals surface area contributed by atoms with Crippen molar-refractivity contribution in [3.05, 3.63) is 0 Å². The van der Waals surface area contributed by atoms with Gasteiger partial charge in [-0.1, -0.05) is 12.8 Å². The van der Waals surface area contributed by atoms with Crippen molar-refractivity contribution in [2.24, 2.45) is 11.7 Å². The fourth-order valence-electron chi connectivity index (χ4n) is 2.46. The van der Waals surface area contributed by atoms with E-state index in [0.29, 0.717) is 12.8 Å². The van der Waals surface area contributed by atoms with Gasteiger partial charge in [0.25, 0.3) is 0 Å². The third-order valence-electron chi connectivity index (χ3n) is 3.49. The van der Waals surface area contributed by atoms with Crippen LogP contribution in [0.3, 0.4) is 0 Å². The van der Waals surface area contributed by atoms with Crippen LogP contribution in [0.25, 0.3) is 0 Å². The predicted octanol–water partition coefficient (Wildman–Crippen LogP) is 1.26. The molecule has 3 atom stereocenters. The summed E-state index contributed by atoms with van der Waals surface area (Å²) in [7, 11) is 0. The Labute approximate surface area is 108 Å². The normalized spacial score (nSPS) is 25.4. The Bertz CT molecular complexity index is 292. The molecule has 1 rings (SSSR count). The summed E-state index contributed by atoms with van der Waals surface area (Å²) in [5.74, 6) is -1.26. The van der Waals surface area contributed by atoms with Crippen molar-refractivity contribution in [1.29, 1.82) is 0 Å². The third-order valence-corrected chi connectivity index (χ3v) is 3.49. The smallest absolute Gasteiger partial charge is 0.308 e. The van der Waals surface area contributed by atoms with E-state index in [1.165, 1.54) is 0 Å². The summed E-state index contributed by atoms with van der Waals surface area (Å²) in [6, 6.07) is -0.0849. The van der Waals surface area contributed by atoms with Crippen LogP contribution in [-0.4, -0.2) is 29.1 Å². The maximum atomic E-state index is 11.7. The van der Waals surface area contributed by atoms with Gasteiger partial charge in [0.1, 0.15) is 0 Å². The van der Waals surface area contributed by atoms with Gasteiger partial charge >= 0.3 is 5.97 Å². The summed E-state index contributed by atoms with van der Waals surface area (Å²) in [4.78, 5) is 22.8. The van der Waals surface area contributed by atoms with Crippen molar-refractivity contribution in [3.8, 4) is 0 Å². The summed E-state index contributed by atoms with van der Waals surface area (Å²) >= 11 is 0. The predicted molar refractivity (Wildman–Crippen MR) is 69.0 cm³/mol. The molecule has 0 aromatic heterocycles. The Hall–Kier alpha value is -1.10. The lowest BCUT2D eigenvalue weighted by Crippen LogP contribution is -2.45. The van der Waals surface area contributed by atoms with Gasteiger partial charge in [-0.15, -0.1) is 0 Å². The quantitative estimate of drug-likeness (QED) is 0.667. The second kappa shape index (κ2) is 7.36. The lowest BCUT2D eigenvalue weighted by Gasteiger charge is -2.29. The molecule has 1 amide bonds. The molecule has 1 aliphatic rings. The number of amides is 1. The zero-order valence-corrected chi connectivity index (χ0v) is 11.0. The number of carboxylic acids is 1. The Balaban J connectivity index is 2.34. The van der Waals surface area contributed by atoms with Crippen molar-refractivity contribution >= 4 is 11.9 Å². The molecule has 18 heavy (non-hydrogen) atoms. The second-order valence-corrected chi connectivity index (χ2v) is 5.27. The number of carbonyl (C=O) groups excluding carboxylic acids is 1. The van der Waals surface area contributed by atoms with Gasteiger partial charge in [0.15, 0.2) is 0 Å². The average Bonchev–Trinajstić information content (AvgIpc) is 2.28. The van der Waals surface area contributed by atoms with Crippen LogP contribution in [0, 0.1) is 5.92 Å². The summed E-state index contributed by atoms with van der Waals surface area (Å²) in [6.07, 6.45) is 5.39. The van der Waals surface area contributed by atoms with Crippen LogP contribution in [0.4, 0.5) is 0 Å². The Morgan fingerprint density at radius 2 is 2.06 bits per heavy atom. The van der Waals surface area contributed by atoms with Crippen molar-refractivity contribution in [2.75, 3.05) is 0 Å². The molecule has 0 radical (unpaired) electrons. The second-order valence-electron chi connectivity index (χ2n) is 5.27. The number of rotatable bonds is 6. The molecule has 1 saturated carbocycles. The van der Waals surface area contributed by atoms with Gasteiger partial charge in [-0.05, 0) is 32.6 Å². The van der Waals surface area contributed by atoms with Crippen LogP contribution >= 0.6 is 0 Å². The van der Waals surface area contributed by atoms with E-state index in [4.69, 9.17) is 10.8 Å². The lowest BCUT2D eigenvalue weighted by molar-refractivity contribution is -0.144. The highest BCUT2D eigenvalue weighted by Gasteiger charge is 2.31. The van der Waals surface area contributed by atoms with Gasteiger partial charge in [0.2, 0.25) is 5.91 Å². The van der Waals surface area contributed by atoms with Crippen molar-refractivity contribution in [3.63, 3.8) is 0 Å². The number of hydrogen-bond acceptors (Lipinski definition) is 3. The van der Waals surface area contributed by atoms with Crippen LogP contribution in [0.2, 0.25) is 0 Å². The maximum Gasteiger partial charge on any atom is 0.308 e. The van der Waals surface area contributed by atoms with E-state index in [2.05, 4.69) is 5.32 Å². The van der Waals surface area contributed by atoms with Gasteiger partial charge in [0.05, 0.1) is 5.92 Å². The Morgan fingerprint density at radius 3 is 2.67 bits per heavy atom. The number of carbonyl (C=O) groups is 2. The average molecular weight is 256 g/mol. The summed E-state index contributed by atoms with van der Waals surface area (Å²) in [5.41, 5.74) is 5.62. The monoisotopic (exact) mass is 256 g/mol. The van der Waals surface area contributed by atoms with E-state index in [1.807, 2.05) is 6.92 Å². The molecule has 0 saturated heterocycles. The molecule has 1 aliphatic carbocycles. The topological polar surface area (TPSA) is 92.4 Å². The molecular formula is C13H24N2O3. The van der Waals surface area contributed by atoms with E-state index in [9.17, 15) is 9.59 Å². The molecule has 0 spiro atoms. The first kappa shape index (κ1) is 15.0. The number of hydrogen-bond donors (Lipinski definition) is 3. The maximum absolute atomic E-state index is 11.7. The first-order valence-corrected chi connectivity index (χ1v) is 6.78. The molecule has 5 heteroatoms. The number of nitrogens with one attached hydrogen (secondary N) is 1. The number of carboxylic acid groups (broad SMARTS) is 1. The van der Waals surface area contributed by atoms with Crippen LogP contribution < -0.4 is 11.1 Å². The summed E-state index contributed by atoms with van der Waals surface area (Å²) in [6.45, 7) is 1.92. The molecule has 0 heterocycles. The SMILES string of the molecule is CC(N)CCCC(=O)NC1CCCCC1C(=O)O. The van der Waals surface area contributed by atoms with Gasteiger partial charge < -0.3 is 16.2 Å². The van der Waals surface area contributed by atoms with E-state index in [0.717, 1.165) is 32.1 Å².